The van der Waals surface area contributed by atoms with Crippen molar-refractivity contribution in [3.63, 3.8) is 0 Å². The van der Waals surface area contributed by atoms with Crippen LogP contribution in [-0.4, -0.2) is 21.7 Å². The van der Waals surface area contributed by atoms with E-state index in [0.717, 1.165) is 5.56 Å². The van der Waals surface area contributed by atoms with E-state index in [-0.39, 0.29) is 22.8 Å². The summed E-state index contributed by atoms with van der Waals surface area (Å²) in [4.78, 5) is 43.9. The second-order valence-electron chi connectivity index (χ2n) is 7.32. The molecule has 6 heteroatoms. The van der Waals surface area contributed by atoms with Crippen molar-refractivity contribution < 1.29 is 9.59 Å². The number of pyridine rings is 2. The molecular formula is C19H21N3O3. The summed E-state index contributed by atoms with van der Waals surface area (Å²) in [6, 6.07) is 4.75. The monoisotopic (exact) mass is 339 g/mol. The minimum Gasteiger partial charge on any atom is -0.345 e. The molecule has 25 heavy (non-hydrogen) atoms. The summed E-state index contributed by atoms with van der Waals surface area (Å²) < 4.78 is 0. The molecule has 0 radical (unpaired) electrons. The standard InChI is InChI=1S/C19H21N3O3/c1-11(12-4-6-20-7-5-12)21-17(24)14-8-13-15(22-18(14)25)9-19(2,3)10-16(13)23/h4-8,11H,9-10H2,1-3H3,(H,21,24)(H,22,25)/t11-/m1/s1. The molecule has 2 N–H and O–H groups in total. The lowest BCUT2D eigenvalue weighted by atomic mass is 9.75. The first kappa shape index (κ1) is 17.1. The third-order valence-electron chi connectivity index (χ3n) is 4.52. The zero-order chi connectivity index (χ0) is 18.2. The quantitative estimate of drug-likeness (QED) is 0.898. The fourth-order valence-electron chi connectivity index (χ4n) is 3.21. The van der Waals surface area contributed by atoms with Crippen LogP contribution in [0.25, 0.3) is 0 Å². The average molecular weight is 339 g/mol. The number of Topliss-reactive ketones (excluding diaryl/α,β-unsaturated/α-hetero) is 1. The van der Waals surface area contributed by atoms with E-state index in [9.17, 15) is 14.4 Å². The zero-order valence-electron chi connectivity index (χ0n) is 14.6. The van der Waals surface area contributed by atoms with Gasteiger partial charge in [-0.05, 0) is 42.5 Å². The predicted molar refractivity (Wildman–Crippen MR) is 93.6 cm³/mol. The van der Waals surface area contributed by atoms with Gasteiger partial charge in [0, 0.05) is 30.1 Å². The maximum atomic E-state index is 12.5. The van der Waals surface area contributed by atoms with E-state index >= 15 is 0 Å². The minimum atomic E-state index is -0.494. The summed E-state index contributed by atoms with van der Waals surface area (Å²) in [6.45, 7) is 5.81. The van der Waals surface area contributed by atoms with E-state index in [1.54, 1.807) is 24.5 Å². The van der Waals surface area contributed by atoms with Gasteiger partial charge in [0.05, 0.1) is 6.04 Å². The molecule has 0 bridgehead atoms. The molecule has 3 rings (SSSR count). The molecule has 1 atom stereocenters. The van der Waals surface area contributed by atoms with Gasteiger partial charge in [-0.15, -0.1) is 0 Å². The van der Waals surface area contributed by atoms with Crippen LogP contribution < -0.4 is 10.9 Å². The third kappa shape index (κ3) is 3.52. The number of ketones is 1. The number of nitrogens with one attached hydrogen (secondary N) is 2. The lowest BCUT2D eigenvalue weighted by molar-refractivity contribution is 0.0910. The van der Waals surface area contributed by atoms with Gasteiger partial charge < -0.3 is 10.3 Å². The van der Waals surface area contributed by atoms with Gasteiger partial charge >= 0.3 is 0 Å². The molecule has 0 saturated carbocycles. The molecular weight excluding hydrogens is 318 g/mol. The molecule has 2 aromatic heterocycles. The normalized spacial score (nSPS) is 16.8. The van der Waals surface area contributed by atoms with E-state index in [4.69, 9.17) is 0 Å². The van der Waals surface area contributed by atoms with Crippen LogP contribution in [0, 0.1) is 5.41 Å². The van der Waals surface area contributed by atoms with Crippen LogP contribution in [0.5, 0.6) is 0 Å². The summed E-state index contributed by atoms with van der Waals surface area (Å²) in [6.07, 6.45) is 4.30. The van der Waals surface area contributed by atoms with Crippen molar-refractivity contribution in [3.8, 4) is 0 Å². The Labute approximate surface area is 145 Å². The van der Waals surface area contributed by atoms with Crippen LogP contribution in [0.2, 0.25) is 0 Å². The Morgan fingerprint density at radius 3 is 2.60 bits per heavy atom. The molecule has 130 valence electrons. The highest BCUT2D eigenvalue weighted by molar-refractivity contribution is 6.02. The first-order valence-corrected chi connectivity index (χ1v) is 8.27. The number of carbonyl (C=O) groups is 2. The van der Waals surface area contributed by atoms with E-state index in [0.29, 0.717) is 24.1 Å². The molecule has 0 aliphatic heterocycles. The smallest absolute Gasteiger partial charge is 0.261 e. The topological polar surface area (TPSA) is 91.9 Å². The van der Waals surface area contributed by atoms with Gasteiger partial charge in [0.1, 0.15) is 5.56 Å². The van der Waals surface area contributed by atoms with Crippen molar-refractivity contribution in [1.29, 1.82) is 0 Å². The van der Waals surface area contributed by atoms with Crippen molar-refractivity contribution in [2.45, 2.75) is 39.7 Å². The minimum absolute atomic E-state index is 0.0345. The van der Waals surface area contributed by atoms with Gasteiger partial charge in [-0.3, -0.25) is 19.4 Å². The second-order valence-corrected chi connectivity index (χ2v) is 7.32. The molecule has 2 aromatic rings. The van der Waals surface area contributed by atoms with Crippen LogP contribution in [0.4, 0.5) is 0 Å². The number of aromatic nitrogens is 2. The summed E-state index contributed by atoms with van der Waals surface area (Å²) in [5.41, 5.74) is 1.25. The van der Waals surface area contributed by atoms with Gasteiger partial charge in [-0.2, -0.15) is 0 Å². The SMILES string of the molecule is C[C@@H](NC(=O)c1cc2c([nH]c1=O)CC(C)(C)CC2=O)c1ccncc1. The van der Waals surface area contributed by atoms with Gasteiger partial charge in [0.15, 0.2) is 5.78 Å². The highest BCUT2D eigenvalue weighted by Crippen LogP contribution is 2.33. The number of hydrogen-bond donors (Lipinski definition) is 2. The fourth-order valence-corrected chi connectivity index (χ4v) is 3.21. The molecule has 0 fully saturated rings. The Bertz CT molecular complexity index is 885. The summed E-state index contributed by atoms with van der Waals surface area (Å²) >= 11 is 0. The highest BCUT2D eigenvalue weighted by atomic mass is 16.2. The Balaban J connectivity index is 1.88. The maximum absolute atomic E-state index is 12.5. The van der Waals surface area contributed by atoms with E-state index in [1.807, 2.05) is 20.8 Å². The van der Waals surface area contributed by atoms with Crippen LogP contribution in [0.1, 0.15) is 65.2 Å². The molecule has 0 aromatic carbocycles. The number of carbonyl (C=O) groups excluding carboxylic acids is 2. The maximum Gasteiger partial charge on any atom is 0.261 e. The highest BCUT2D eigenvalue weighted by Gasteiger charge is 2.32. The molecule has 0 spiro atoms. The first-order valence-electron chi connectivity index (χ1n) is 8.27. The number of amides is 1. The van der Waals surface area contributed by atoms with Crippen molar-refractivity contribution >= 4 is 11.7 Å². The Morgan fingerprint density at radius 2 is 1.92 bits per heavy atom. The first-order chi connectivity index (χ1) is 11.8. The molecule has 1 aliphatic rings. The van der Waals surface area contributed by atoms with E-state index < -0.39 is 11.5 Å². The zero-order valence-corrected chi connectivity index (χ0v) is 14.6. The van der Waals surface area contributed by atoms with Gasteiger partial charge in [-0.1, -0.05) is 13.8 Å². The lowest BCUT2D eigenvalue weighted by Gasteiger charge is -2.29. The number of fused-ring (bicyclic) bond motifs is 1. The summed E-state index contributed by atoms with van der Waals surface area (Å²) in [5.74, 6) is -0.537. The third-order valence-corrected chi connectivity index (χ3v) is 4.52. The second kappa shape index (κ2) is 6.27. The molecule has 0 saturated heterocycles. The van der Waals surface area contributed by atoms with Crippen molar-refractivity contribution in [2.24, 2.45) is 5.41 Å². The van der Waals surface area contributed by atoms with Gasteiger partial charge in [-0.25, -0.2) is 0 Å². The molecule has 6 nitrogen and oxygen atoms in total. The van der Waals surface area contributed by atoms with E-state index in [1.165, 1.54) is 6.07 Å². The molecule has 2 heterocycles. The summed E-state index contributed by atoms with van der Waals surface area (Å²) in [5, 5.41) is 2.79. The van der Waals surface area contributed by atoms with Crippen molar-refractivity contribution in [2.75, 3.05) is 0 Å². The van der Waals surface area contributed by atoms with Gasteiger partial charge in [0.2, 0.25) is 0 Å². The van der Waals surface area contributed by atoms with Crippen LogP contribution in [0.15, 0.2) is 35.4 Å². The number of nitrogens with zero attached hydrogens (tertiary/aromatic N) is 1. The Kier molecular flexibility index (Phi) is 4.29. The van der Waals surface area contributed by atoms with Gasteiger partial charge in [0.25, 0.3) is 11.5 Å². The number of hydrogen-bond acceptors (Lipinski definition) is 4. The average Bonchev–Trinajstić information content (AvgIpc) is 2.53. The Hall–Kier alpha value is -2.76. The summed E-state index contributed by atoms with van der Waals surface area (Å²) in [7, 11) is 0. The van der Waals surface area contributed by atoms with Crippen LogP contribution >= 0.6 is 0 Å². The van der Waals surface area contributed by atoms with E-state index in [2.05, 4.69) is 15.3 Å². The Morgan fingerprint density at radius 1 is 1.24 bits per heavy atom. The van der Waals surface area contributed by atoms with Crippen molar-refractivity contribution in [1.82, 2.24) is 15.3 Å². The molecule has 0 unspecified atom stereocenters. The molecule has 1 amide bonds. The number of H-pyrrole nitrogens is 1. The number of rotatable bonds is 3. The number of aromatic amines is 1. The fraction of sp³-hybridized carbons (Fsp3) is 0.368. The van der Waals surface area contributed by atoms with Crippen LogP contribution in [-0.2, 0) is 6.42 Å². The molecule has 1 aliphatic carbocycles. The lowest BCUT2D eigenvalue weighted by Crippen LogP contribution is -2.35. The van der Waals surface area contributed by atoms with Crippen molar-refractivity contribution in [3.05, 3.63) is 63.3 Å². The predicted octanol–water partition coefficient (Wildman–Crippen LogP) is 2.42. The largest absolute Gasteiger partial charge is 0.345 e. The van der Waals surface area contributed by atoms with Crippen LogP contribution in [0.3, 0.4) is 0 Å².